The van der Waals surface area contributed by atoms with Crippen molar-refractivity contribution in [3.8, 4) is 5.75 Å². The Labute approximate surface area is 168 Å². The van der Waals surface area contributed by atoms with Gasteiger partial charge in [0.15, 0.2) is 0 Å². The summed E-state index contributed by atoms with van der Waals surface area (Å²) in [5, 5.41) is 2.52. The van der Waals surface area contributed by atoms with Crippen molar-refractivity contribution in [1.29, 1.82) is 0 Å². The monoisotopic (exact) mass is 401 g/mol. The zero-order valence-electron chi connectivity index (χ0n) is 15.5. The molecule has 2 heterocycles. The Morgan fingerprint density at radius 2 is 1.96 bits per heavy atom. The van der Waals surface area contributed by atoms with Crippen LogP contribution in [-0.4, -0.2) is 34.4 Å². The maximum atomic E-state index is 13.5. The van der Waals surface area contributed by atoms with Crippen LogP contribution in [0.5, 0.6) is 5.75 Å². The lowest BCUT2D eigenvalue weighted by Crippen LogP contribution is -2.41. The maximum Gasteiger partial charge on any atom is 0.123 e. The van der Waals surface area contributed by atoms with Gasteiger partial charge in [0.1, 0.15) is 24.3 Å². The number of halogens is 2. The summed E-state index contributed by atoms with van der Waals surface area (Å²) in [5.41, 5.74) is 0.529. The van der Waals surface area contributed by atoms with E-state index in [9.17, 15) is 4.39 Å². The normalized spacial score (nSPS) is 22.5. The second-order valence-corrected chi connectivity index (χ2v) is 7.40. The van der Waals surface area contributed by atoms with E-state index in [1.54, 1.807) is 24.7 Å². The number of hydroxylamine groups is 2. The van der Waals surface area contributed by atoms with Gasteiger partial charge < -0.3 is 9.30 Å². The molecule has 146 valence electrons. The summed E-state index contributed by atoms with van der Waals surface area (Å²) in [6.07, 6.45) is 5.98. The molecule has 0 saturated carbocycles. The summed E-state index contributed by atoms with van der Waals surface area (Å²) in [6, 6.07) is 13.8. The second kappa shape index (κ2) is 7.91. The van der Waals surface area contributed by atoms with E-state index in [4.69, 9.17) is 21.2 Å². The van der Waals surface area contributed by atoms with Crippen molar-refractivity contribution in [1.82, 2.24) is 14.6 Å². The maximum absolute atomic E-state index is 13.5. The molecule has 2 atom stereocenters. The fraction of sp³-hybridized carbons (Fsp3) is 0.286. The van der Waals surface area contributed by atoms with Crippen LogP contribution in [0.2, 0.25) is 5.02 Å². The molecule has 3 aromatic rings. The van der Waals surface area contributed by atoms with Crippen molar-refractivity contribution in [2.75, 3.05) is 13.7 Å². The molecule has 0 bridgehead atoms. The number of benzene rings is 2. The van der Waals surface area contributed by atoms with Crippen molar-refractivity contribution in [2.45, 2.75) is 24.6 Å². The average Bonchev–Trinajstić information content (AvgIpc) is 3.31. The molecular weight excluding hydrogens is 381 g/mol. The topological polar surface area (TPSA) is 39.5 Å². The van der Waals surface area contributed by atoms with Gasteiger partial charge >= 0.3 is 0 Å². The predicted octanol–water partition coefficient (Wildman–Crippen LogP) is 4.29. The van der Waals surface area contributed by atoms with E-state index >= 15 is 0 Å². The van der Waals surface area contributed by atoms with Crippen LogP contribution in [0, 0.1) is 5.82 Å². The Balaban J connectivity index is 1.55. The van der Waals surface area contributed by atoms with E-state index in [0.29, 0.717) is 24.6 Å². The molecule has 28 heavy (non-hydrogen) atoms. The van der Waals surface area contributed by atoms with Crippen LogP contribution < -0.4 is 4.74 Å². The minimum Gasteiger partial charge on any atom is -0.491 e. The molecule has 4 rings (SSSR count). The number of imidazole rings is 1. The summed E-state index contributed by atoms with van der Waals surface area (Å²) in [4.78, 5) is 10.2. The lowest BCUT2D eigenvalue weighted by molar-refractivity contribution is -0.179. The largest absolute Gasteiger partial charge is 0.491 e. The van der Waals surface area contributed by atoms with E-state index in [0.717, 1.165) is 11.3 Å². The molecule has 1 saturated heterocycles. The number of rotatable bonds is 6. The van der Waals surface area contributed by atoms with Crippen molar-refractivity contribution in [3.63, 3.8) is 0 Å². The molecule has 1 aliphatic rings. The fourth-order valence-corrected chi connectivity index (χ4v) is 3.80. The molecule has 0 N–H and O–H groups in total. The summed E-state index contributed by atoms with van der Waals surface area (Å²) in [6.45, 7) is 1.03. The van der Waals surface area contributed by atoms with Gasteiger partial charge in [-0.05, 0) is 42.0 Å². The Morgan fingerprint density at radius 1 is 1.21 bits per heavy atom. The van der Waals surface area contributed by atoms with Gasteiger partial charge in [-0.2, -0.15) is 5.06 Å². The number of hydrogen-bond acceptors (Lipinski definition) is 4. The number of nitrogens with zero attached hydrogens (tertiary/aromatic N) is 3. The Kier molecular flexibility index (Phi) is 5.35. The van der Waals surface area contributed by atoms with Gasteiger partial charge in [-0.15, -0.1) is 0 Å². The second-order valence-electron chi connectivity index (χ2n) is 6.97. The van der Waals surface area contributed by atoms with Gasteiger partial charge in [-0.1, -0.05) is 23.7 Å². The number of hydrogen-bond donors (Lipinski definition) is 0. The molecule has 2 aromatic carbocycles. The van der Waals surface area contributed by atoms with E-state index < -0.39 is 5.54 Å². The van der Waals surface area contributed by atoms with Crippen molar-refractivity contribution < 1.29 is 14.0 Å². The predicted molar refractivity (Wildman–Crippen MR) is 105 cm³/mol. The van der Waals surface area contributed by atoms with E-state index in [1.165, 1.54) is 12.1 Å². The Hall–Kier alpha value is -2.41. The van der Waals surface area contributed by atoms with Gasteiger partial charge in [-0.3, -0.25) is 4.84 Å². The number of likely N-dealkylation sites (N-methyl/N-ethyl adjacent to an activating group) is 1. The molecule has 0 aliphatic carbocycles. The van der Waals surface area contributed by atoms with E-state index in [-0.39, 0.29) is 11.9 Å². The van der Waals surface area contributed by atoms with Crippen LogP contribution in [0.25, 0.3) is 0 Å². The fourth-order valence-electron chi connectivity index (χ4n) is 3.67. The molecule has 1 fully saturated rings. The molecule has 1 aromatic heterocycles. The number of aromatic nitrogens is 2. The lowest BCUT2D eigenvalue weighted by atomic mass is 9.85. The molecule has 7 heteroatoms. The third kappa shape index (κ3) is 3.90. The summed E-state index contributed by atoms with van der Waals surface area (Å²) in [5.74, 6) is 0.482. The minimum absolute atomic E-state index is 0.144. The highest BCUT2D eigenvalue weighted by Gasteiger charge is 2.47. The summed E-state index contributed by atoms with van der Waals surface area (Å²) >= 11 is 5.92. The van der Waals surface area contributed by atoms with Gasteiger partial charge in [0.2, 0.25) is 0 Å². The molecule has 0 spiro atoms. The number of ether oxygens (including phenoxy) is 1. The van der Waals surface area contributed by atoms with E-state index in [1.807, 2.05) is 47.1 Å². The first-order chi connectivity index (χ1) is 13.5. The minimum atomic E-state index is -0.456. The zero-order chi connectivity index (χ0) is 19.6. The molecule has 0 amide bonds. The van der Waals surface area contributed by atoms with Gasteiger partial charge in [0.25, 0.3) is 0 Å². The molecule has 0 radical (unpaired) electrons. The standard InChI is InChI=1S/C21H21ClFN3O2/c1-25-21(14-26-11-10-24-15-26,16-2-6-18(23)7-3-16)12-20(28-25)13-27-19-8-4-17(22)5-9-19/h2-11,15,20H,12-14H2,1H3. The molecule has 5 nitrogen and oxygen atoms in total. The lowest BCUT2D eigenvalue weighted by Gasteiger charge is -2.34. The quantitative estimate of drug-likeness (QED) is 0.618. The highest BCUT2D eigenvalue weighted by Crippen LogP contribution is 2.41. The summed E-state index contributed by atoms with van der Waals surface area (Å²) in [7, 11) is 1.91. The van der Waals surface area contributed by atoms with Gasteiger partial charge in [0.05, 0.1) is 11.9 Å². The Morgan fingerprint density at radius 3 is 2.64 bits per heavy atom. The van der Waals surface area contributed by atoms with Crippen molar-refractivity contribution >= 4 is 11.6 Å². The van der Waals surface area contributed by atoms with Crippen LogP contribution in [0.1, 0.15) is 12.0 Å². The van der Waals surface area contributed by atoms with Crippen LogP contribution in [0.15, 0.2) is 67.3 Å². The van der Waals surface area contributed by atoms with Crippen molar-refractivity contribution in [2.24, 2.45) is 0 Å². The SMILES string of the molecule is CN1OC(COc2ccc(Cl)cc2)CC1(Cn1ccnc1)c1ccc(F)cc1. The third-order valence-electron chi connectivity index (χ3n) is 5.11. The highest BCUT2D eigenvalue weighted by molar-refractivity contribution is 6.30. The first kappa shape index (κ1) is 18.9. The molecule has 2 unspecified atom stereocenters. The van der Waals surface area contributed by atoms with E-state index in [2.05, 4.69) is 4.98 Å². The smallest absolute Gasteiger partial charge is 0.123 e. The average molecular weight is 402 g/mol. The molecular formula is C21H21ClFN3O2. The Bertz CT molecular complexity index is 902. The van der Waals surface area contributed by atoms with Gasteiger partial charge in [0, 0.05) is 37.4 Å². The molecule has 1 aliphatic heterocycles. The summed E-state index contributed by atoms with van der Waals surface area (Å²) < 4.78 is 21.4. The van der Waals surface area contributed by atoms with Gasteiger partial charge in [-0.25, -0.2) is 9.37 Å². The van der Waals surface area contributed by atoms with Crippen LogP contribution in [0.3, 0.4) is 0 Å². The van der Waals surface area contributed by atoms with Crippen LogP contribution in [0.4, 0.5) is 4.39 Å². The first-order valence-electron chi connectivity index (χ1n) is 9.06. The van der Waals surface area contributed by atoms with Crippen molar-refractivity contribution in [3.05, 3.63) is 83.7 Å². The zero-order valence-corrected chi connectivity index (χ0v) is 16.2. The first-order valence-corrected chi connectivity index (χ1v) is 9.44. The van der Waals surface area contributed by atoms with Crippen LogP contribution in [-0.2, 0) is 16.9 Å². The highest BCUT2D eigenvalue weighted by atomic mass is 35.5. The van der Waals surface area contributed by atoms with Crippen LogP contribution >= 0.6 is 11.6 Å². The third-order valence-corrected chi connectivity index (χ3v) is 5.36.